The highest BCUT2D eigenvalue weighted by Gasteiger charge is 2.33. The topological polar surface area (TPSA) is 84.9 Å². The third-order valence-electron chi connectivity index (χ3n) is 4.87. The second kappa shape index (κ2) is 9.68. The lowest BCUT2D eigenvalue weighted by Crippen LogP contribution is -2.35. The maximum atomic E-state index is 12.9. The van der Waals surface area contributed by atoms with Crippen LogP contribution in [0.2, 0.25) is 5.02 Å². The average Bonchev–Trinajstić information content (AvgIpc) is 3.56. The standard InChI is InChI=1S/C21H25ClN2O5S/c1-28-18-8-9-20(29-2)15(12-18)14-24(17-6-7-17)21(25)10-11-23-30(26,27)19-5-3-4-16(22)13-19/h3-5,8-9,12-13,17,23H,6-7,10-11,14H2,1-2H3. The van der Waals surface area contributed by atoms with Gasteiger partial charge in [0.25, 0.3) is 0 Å². The van der Waals surface area contributed by atoms with Crippen molar-refractivity contribution >= 4 is 27.5 Å². The Balaban J connectivity index is 1.64. The van der Waals surface area contributed by atoms with Gasteiger partial charge in [-0.1, -0.05) is 17.7 Å². The van der Waals surface area contributed by atoms with Gasteiger partial charge in [-0.15, -0.1) is 0 Å². The van der Waals surface area contributed by atoms with Crippen LogP contribution in [-0.4, -0.2) is 46.0 Å². The van der Waals surface area contributed by atoms with Gasteiger partial charge >= 0.3 is 0 Å². The van der Waals surface area contributed by atoms with Gasteiger partial charge < -0.3 is 14.4 Å². The van der Waals surface area contributed by atoms with E-state index in [2.05, 4.69) is 4.72 Å². The van der Waals surface area contributed by atoms with Crippen LogP contribution in [0.4, 0.5) is 0 Å². The smallest absolute Gasteiger partial charge is 0.240 e. The molecule has 1 saturated carbocycles. The van der Waals surface area contributed by atoms with E-state index in [1.54, 1.807) is 37.3 Å². The number of halogens is 1. The fraction of sp³-hybridized carbons (Fsp3) is 0.381. The zero-order valence-electron chi connectivity index (χ0n) is 16.9. The van der Waals surface area contributed by atoms with Gasteiger partial charge in [0.2, 0.25) is 15.9 Å². The summed E-state index contributed by atoms with van der Waals surface area (Å²) in [6, 6.07) is 11.6. The first kappa shape index (κ1) is 22.4. The van der Waals surface area contributed by atoms with E-state index in [0.29, 0.717) is 23.1 Å². The van der Waals surface area contributed by atoms with E-state index in [9.17, 15) is 13.2 Å². The number of carbonyl (C=O) groups is 1. The number of carbonyl (C=O) groups excluding carboxylic acids is 1. The molecule has 1 amide bonds. The van der Waals surface area contributed by atoms with Crippen LogP contribution in [0.5, 0.6) is 11.5 Å². The van der Waals surface area contributed by atoms with Gasteiger partial charge in [-0.25, -0.2) is 13.1 Å². The molecule has 2 aromatic carbocycles. The average molecular weight is 453 g/mol. The molecular formula is C21H25ClN2O5S. The predicted octanol–water partition coefficient (Wildman–Crippen LogP) is 3.22. The second-order valence-corrected chi connectivity index (χ2v) is 9.24. The van der Waals surface area contributed by atoms with E-state index in [4.69, 9.17) is 21.1 Å². The Kier molecular flexibility index (Phi) is 7.23. The number of ether oxygens (including phenoxy) is 2. The Bertz CT molecular complexity index is 1010. The molecule has 30 heavy (non-hydrogen) atoms. The van der Waals surface area contributed by atoms with Crippen LogP contribution in [0, 0.1) is 0 Å². The molecule has 1 N–H and O–H groups in total. The lowest BCUT2D eigenvalue weighted by atomic mass is 10.1. The molecule has 0 aliphatic heterocycles. The third-order valence-corrected chi connectivity index (χ3v) is 6.57. The summed E-state index contributed by atoms with van der Waals surface area (Å²) in [5.74, 6) is 1.25. The number of amides is 1. The lowest BCUT2D eigenvalue weighted by molar-refractivity contribution is -0.132. The maximum Gasteiger partial charge on any atom is 0.240 e. The number of rotatable bonds is 10. The second-order valence-electron chi connectivity index (χ2n) is 7.04. The minimum atomic E-state index is -3.73. The van der Waals surface area contributed by atoms with Crippen molar-refractivity contribution in [1.82, 2.24) is 9.62 Å². The molecule has 162 valence electrons. The molecule has 0 spiro atoms. The lowest BCUT2D eigenvalue weighted by Gasteiger charge is -2.24. The monoisotopic (exact) mass is 452 g/mol. The summed E-state index contributed by atoms with van der Waals surface area (Å²) in [6.07, 6.45) is 1.93. The molecule has 0 atom stereocenters. The van der Waals surface area contributed by atoms with Crippen LogP contribution in [0.1, 0.15) is 24.8 Å². The van der Waals surface area contributed by atoms with Crippen molar-refractivity contribution in [2.24, 2.45) is 0 Å². The number of nitrogens with one attached hydrogen (secondary N) is 1. The van der Waals surface area contributed by atoms with Crippen molar-refractivity contribution in [3.05, 3.63) is 53.1 Å². The Morgan fingerprint density at radius 1 is 1.17 bits per heavy atom. The highest BCUT2D eigenvalue weighted by molar-refractivity contribution is 7.89. The van der Waals surface area contributed by atoms with Gasteiger partial charge in [0.1, 0.15) is 11.5 Å². The zero-order chi connectivity index (χ0) is 21.7. The molecule has 3 rings (SSSR count). The summed E-state index contributed by atoms with van der Waals surface area (Å²) in [4.78, 5) is 14.7. The van der Waals surface area contributed by atoms with Crippen molar-refractivity contribution < 1.29 is 22.7 Å². The Labute approximate surface area is 182 Å². The fourth-order valence-electron chi connectivity index (χ4n) is 3.15. The first-order valence-corrected chi connectivity index (χ1v) is 11.5. The SMILES string of the molecule is COc1ccc(OC)c(CN(C(=O)CCNS(=O)(=O)c2cccc(Cl)c2)C2CC2)c1. The van der Waals surface area contributed by atoms with Crippen molar-refractivity contribution in [2.45, 2.75) is 36.7 Å². The van der Waals surface area contributed by atoms with Gasteiger partial charge in [-0.3, -0.25) is 4.79 Å². The normalized spacial score (nSPS) is 13.7. The fourth-order valence-corrected chi connectivity index (χ4v) is 4.48. The molecule has 2 aromatic rings. The first-order chi connectivity index (χ1) is 14.3. The van der Waals surface area contributed by atoms with E-state index < -0.39 is 10.0 Å². The van der Waals surface area contributed by atoms with E-state index in [0.717, 1.165) is 18.4 Å². The van der Waals surface area contributed by atoms with Gasteiger partial charge in [0.15, 0.2) is 0 Å². The van der Waals surface area contributed by atoms with Crippen molar-refractivity contribution in [3.8, 4) is 11.5 Å². The quantitative estimate of drug-likeness (QED) is 0.598. The number of methoxy groups -OCH3 is 2. The van der Waals surface area contributed by atoms with Crippen LogP contribution in [0.3, 0.4) is 0 Å². The van der Waals surface area contributed by atoms with Crippen molar-refractivity contribution in [1.29, 1.82) is 0 Å². The summed E-state index contributed by atoms with van der Waals surface area (Å²) >= 11 is 5.87. The van der Waals surface area contributed by atoms with Crippen LogP contribution < -0.4 is 14.2 Å². The minimum absolute atomic E-state index is 0.00610. The molecule has 1 aliphatic rings. The molecule has 1 fully saturated rings. The van der Waals surface area contributed by atoms with Crippen LogP contribution in [0.25, 0.3) is 0 Å². The van der Waals surface area contributed by atoms with Crippen molar-refractivity contribution in [3.63, 3.8) is 0 Å². The Hall–Kier alpha value is -2.29. The molecule has 0 radical (unpaired) electrons. The number of hydrogen-bond donors (Lipinski definition) is 1. The summed E-state index contributed by atoms with van der Waals surface area (Å²) in [5, 5.41) is 0.334. The van der Waals surface area contributed by atoms with E-state index in [1.165, 1.54) is 12.1 Å². The highest BCUT2D eigenvalue weighted by Crippen LogP contribution is 2.32. The van der Waals surface area contributed by atoms with Gasteiger partial charge in [-0.2, -0.15) is 0 Å². The molecule has 0 heterocycles. The van der Waals surface area contributed by atoms with Gasteiger partial charge in [-0.05, 0) is 49.2 Å². The molecule has 0 saturated heterocycles. The summed E-state index contributed by atoms with van der Waals surface area (Å²) < 4.78 is 38.0. The molecule has 0 unspecified atom stereocenters. The van der Waals surface area contributed by atoms with Crippen LogP contribution in [0.15, 0.2) is 47.4 Å². The first-order valence-electron chi connectivity index (χ1n) is 9.59. The Morgan fingerprint density at radius 3 is 2.57 bits per heavy atom. The molecular weight excluding hydrogens is 428 g/mol. The molecule has 9 heteroatoms. The zero-order valence-corrected chi connectivity index (χ0v) is 18.5. The van der Waals surface area contributed by atoms with Crippen molar-refractivity contribution in [2.75, 3.05) is 20.8 Å². The summed E-state index contributed by atoms with van der Waals surface area (Å²) in [6.45, 7) is 0.386. The minimum Gasteiger partial charge on any atom is -0.497 e. The number of benzene rings is 2. The summed E-state index contributed by atoms with van der Waals surface area (Å²) in [7, 11) is -0.562. The largest absolute Gasteiger partial charge is 0.497 e. The van der Waals surface area contributed by atoms with E-state index >= 15 is 0 Å². The van der Waals surface area contributed by atoms with E-state index in [-0.39, 0.29) is 29.8 Å². The van der Waals surface area contributed by atoms with Crippen LogP contribution >= 0.6 is 11.6 Å². The van der Waals surface area contributed by atoms with Crippen LogP contribution in [-0.2, 0) is 21.4 Å². The van der Waals surface area contributed by atoms with E-state index in [1.807, 2.05) is 12.1 Å². The summed E-state index contributed by atoms with van der Waals surface area (Å²) in [5.41, 5.74) is 0.844. The third kappa shape index (κ3) is 5.65. The maximum absolute atomic E-state index is 12.9. The number of sulfonamides is 1. The molecule has 7 nitrogen and oxygen atoms in total. The molecule has 0 aromatic heterocycles. The van der Waals surface area contributed by atoms with Gasteiger partial charge in [0, 0.05) is 36.1 Å². The predicted molar refractivity (Wildman–Crippen MR) is 114 cm³/mol. The highest BCUT2D eigenvalue weighted by atomic mass is 35.5. The Morgan fingerprint density at radius 2 is 1.93 bits per heavy atom. The number of hydrogen-bond acceptors (Lipinski definition) is 5. The molecule has 1 aliphatic carbocycles. The van der Waals surface area contributed by atoms with Gasteiger partial charge in [0.05, 0.1) is 19.1 Å². The molecule has 0 bridgehead atoms. The number of nitrogens with zero attached hydrogens (tertiary/aromatic N) is 1.